The number of carbonyl (C=O) groups excluding carboxylic acids is 2. The summed E-state index contributed by atoms with van der Waals surface area (Å²) in [6.45, 7) is 3.66. The molecule has 0 bridgehead atoms. The Kier molecular flexibility index (Phi) is 7.53. The smallest absolute Gasteiger partial charge is 0.256 e. The predicted octanol–water partition coefficient (Wildman–Crippen LogP) is 2.99. The molecular formula is C27H29N7O3. The minimum absolute atomic E-state index is 0.0720. The van der Waals surface area contributed by atoms with Gasteiger partial charge in [0.05, 0.1) is 34.1 Å². The van der Waals surface area contributed by atoms with E-state index < -0.39 is 5.91 Å². The number of nitrogens with two attached hydrogens (primary N) is 2. The fraction of sp³-hybridized carbons (Fsp3) is 0.296. The van der Waals surface area contributed by atoms with Gasteiger partial charge in [0.25, 0.3) is 11.8 Å². The molecule has 4 rings (SSSR count). The topological polar surface area (TPSA) is 161 Å². The van der Waals surface area contributed by atoms with E-state index in [1.54, 1.807) is 48.0 Å². The molecule has 0 aliphatic heterocycles. The molecule has 2 heterocycles. The maximum Gasteiger partial charge on any atom is 0.256 e. The van der Waals surface area contributed by atoms with Gasteiger partial charge in [-0.2, -0.15) is 5.26 Å². The van der Waals surface area contributed by atoms with Crippen molar-refractivity contribution in [1.29, 1.82) is 5.26 Å². The van der Waals surface area contributed by atoms with Crippen molar-refractivity contribution < 1.29 is 14.3 Å². The van der Waals surface area contributed by atoms with Crippen LogP contribution in [0.25, 0.3) is 5.52 Å². The molecule has 0 radical (unpaired) electrons. The molecule has 1 aliphatic rings. The van der Waals surface area contributed by atoms with E-state index in [1.165, 1.54) is 6.20 Å². The van der Waals surface area contributed by atoms with E-state index in [0.717, 1.165) is 19.3 Å². The van der Waals surface area contributed by atoms with Crippen LogP contribution in [0.4, 0.5) is 5.69 Å². The zero-order chi connectivity index (χ0) is 26.5. The van der Waals surface area contributed by atoms with Crippen molar-refractivity contribution in [1.82, 2.24) is 14.9 Å². The SMILES string of the molecule is CC(=Nc1ccc(C#N)cc1)C(=CN)C(=O)N[C@@H](C)CC1CC(Oc2nn3ccccc3c2C(N)=O)C1. The van der Waals surface area contributed by atoms with E-state index in [-0.39, 0.29) is 35.1 Å². The molecule has 10 heteroatoms. The second kappa shape index (κ2) is 11.0. The van der Waals surface area contributed by atoms with Gasteiger partial charge < -0.3 is 21.5 Å². The summed E-state index contributed by atoms with van der Waals surface area (Å²) in [5, 5.41) is 16.3. The number of pyridine rings is 1. The second-order valence-electron chi connectivity index (χ2n) is 9.20. The molecule has 37 heavy (non-hydrogen) atoms. The highest BCUT2D eigenvalue weighted by molar-refractivity contribution is 6.21. The molecule has 1 saturated carbocycles. The van der Waals surface area contributed by atoms with Gasteiger partial charge in [0.2, 0.25) is 5.88 Å². The van der Waals surface area contributed by atoms with Gasteiger partial charge in [-0.05, 0) is 75.4 Å². The average Bonchev–Trinajstić information content (AvgIpc) is 3.21. The number of benzene rings is 1. The number of fused-ring (bicyclic) bond motifs is 1. The average molecular weight is 500 g/mol. The Morgan fingerprint density at radius 3 is 2.68 bits per heavy atom. The first kappa shape index (κ1) is 25.4. The quantitative estimate of drug-likeness (QED) is 0.303. The fourth-order valence-electron chi connectivity index (χ4n) is 4.50. The summed E-state index contributed by atoms with van der Waals surface area (Å²) in [5.41, 5.74) is 14.1. The molecule has 10 nitrogen and oxygen atoms in total. The monoisotopic (exact) mass is 499 g/mol. The highest BCUT2D eigenvalue weighted by atomic mass is 16.5. The second-order valence-corrected chi connectivity index (χ2v) is 9.20. The third kappa shape index (κ3) is 5.78. The molecule has 0 saturated heterocycles. The lowest BCUT2D eigenvalue weighted by atomic mass is 9.78. The minimum Gasteiger partial charge on any atom is -0.473 e. The fourth-order valence-corrected chi connectivity index (χ4v) is 4.50. The molecule has 1 fully saturated rings. The number of aromatic nitrogens is 2. The van der Waals surface area contributed by atoms with Crippen molar-refractivity contribution in [2.45, 2.75) is 45.3 Å². The summed E-state index contributed by atoms with van der Waals surface area (Å²) >= 11 is 0. The van der Waals surface area contributed by atoms with Gasteiger partial charge >= 0.3 is 0 Å². The zero-order valence-electron chi connectivity index (χ0n) is 20.7. The number of carbonyl (C=O) groups is 2. The van der Waals surface area contributed by atoms with Gasteiger partial charge in [0, 0.05) is 18.4 Å². The number of nitrogens with one attached hydrogen (secondary N) is 1. The van der Waals surface area contributed by atoms with Crippen LogP contribution in [-0.2, 0) is 4.79 Å². The van der Waals surface area contributed by atoms with Crippen LogP contribution in [0.1, 0.15) is 49.0 Å². The lowest BCUT2D eigenvalue weighted by Gasteiger charge is -2.36. The lowest BCUT2D eigenvalue weighted by Crippen LogP contribution is -2.41. The van der Waals surface area contributed by atoms with Gasteiger partial charge in [-0.1, -0.05) is 6.07 Å². The van der Waals surface area contributed by atoms with Crippen LogP contribution in [0.3, 0.4) is 0 Å². The molecule has 2 aromatic heterocycles. The third-order valence-electron chi connectivity index (χ3n) is 6.38. The van der Waals surface area contributed by atoms with Crippen LogP contribution >= 0.6 is 0 Å². The van der Waals surface area contributed by atoms with E-state index in [1.807, 2.05) is 19.1 Å². The van der Waals surface area contributed by atoms with E-state index in [9.17, 15) is 9.59 Å². The van der Waals surface area contributed by atoms with Gasteiger partial charge in [0.1, 0.15) is 11.7 Å². The largest absolute Gasteiger partial charge is 0.473 e. The number of aliphatic imine (C=N–C) groups is 1. The van der Waals surface area contributed by atoms with Crippen molar-refractivity contribution in [3.8, 4) is 11.9 Å². The van der Waals surface area contributed by atoms with Gasteiger partial charge in [-0.3, -0.25) is 14.6 Å². The van der Waals surface area contributed by atoms with Crippen LogP contribution in [-0.4, -0.2) is 39.3 Å². The van der Waals surface area contributed by atoms with E-state index in [2.05, 4.69) is 21.5 Å². The lowest BCUT2D eigenvalue weighted by molar-refractivity contribution is -0.117. The summed E-state index contributed by atoms with van der Waals surface area (Å²) in [6, 6.07) is 14.1. The number of amides is 2. The maximum atomic E-state index is 12.8. The zero-order valence-corrected chi connectivity index (χ0v) is 20.7. The first-order chi connectivity index (χ1) is 17.8. The molecule has 3 aromatic rings. The Labute approximate surface area is 214 Å². The number of nitriles is 1. The molecule has 2 amide bonds. The van der Waals surface area contributed by atoms with Crippen molar-refractivity contribution in [3.63, 3.8) is 0 Å². The normalized spacial score (nSPS) is 18.5. The van der Waals surface area contributed by atoms with Crippen LogP contribution < -0.4 is 21.5 Å². The Balaban J connectivity index is 1.29. The first-order valence-corrected chi connectivity index (χ1v) is 12.0. The highest BCUT2D eigenvalue weighted by Gasteiger charge is 2.34. The van der Waals surface area contributed by atoms with Crippen LogP contribution in [0.15, 0.2) is 65.4 Å². The molecule has 0 spiro atoms. The Morgan fingerprint density at radius 1 is 1.30 bits per heavy atom. The predicted molar refractivity (Wildman–Crippen MR) is 139 cm³/mol. The van der Waals surface area contributed by atoms with Crippen molar-refractivity contribution >= 4 is 28.7 Å². The minimum atomic E-state index is -0.579. The van der Waals surface area contributed by atoms with Gasteiger partial charge in [-0.25, -0.2) is 4.52 Å². The number of hydrogen-bond donors (Lipinski definition) is 3. The Morgan fingerprint density at radius 2 is 2.03 bits per heavy atom. The van der Waals surface area contributed by atoms with E-state index in [0.29, 0.717) is 28.4 Å². The number of rotatable bonds is 9. The van der Waals surface area contributed by atoms with Crippen molar-refractivity contribution in [2.75, 3.05) is 0 Å². The van der Waals surface area contributed by atoms with Crippen LogP contribution in [0.5, 0.6) is 5.88 Å². The highest BCUT2D eigenvalue weighted by Crippen LogP contribution is 2.35. The summed E-state index contributed by atoms with van der Waals surface area (Å²) in [5.74, 6) is -0.274. The molecule has 1 aliphatic carbocycles. The van der Waals surface area contributed by atoms with Crippen molar-refractivity contribution in [3.05, 3.63) is 71.6 Å². The number of ether oxygens (including phenoxy) is 1. The third-order valence-corrected chi connectivity index (χ3v) is 6.38. The summed E-state index contributed by atoms with van der Waals surface area (Å²) in [4.78, 5) is 29.3. The first-order valence-electron chi connectivity index (χ1n) is 12.0. The summed E-state index contributed by atoms with van der Waals surface area (Å²) in [7, 11) is 0. The van der Waals surface area contributed by atoms with Gasteiger partial charge in [-0.15, -0.1) is 5.10 Å². The van der Waals surface area contributed by atoms with Crippen LogP contribution in [0, 0.1) is 17.2 Å². The molecule has 0 unspecified atom stereocenters. The van der Waals surface area contributed by atoms with E-state index >= 15 is 0 Å². The number of nitrogens with zero attached hydrogens (tertiary/aromatic N) is 4. The number of primary amides is 1. The molecule has 5 N–H and O–H groups in total. The maximum absolute atomic E-state index is 12.8. The summed E-state index contributed by atoms with van der Waals surface area (Å²) in [6.07, 6.45) is 5.25. The Hall–Kier alpha value is -4.65. The Bertz CT molecular complexity index is 1410. The molecule has 1 aromatic carbocycles. The summed E-state index contributed by atoms with van der Waals surface area (Å²) < 4.78 is 7.58. The standard InChI is InChI=1S/C27H29N7O3/c1-16(31-26(36)22(15-29)17(2)32-20-8-6-18(14-28)7-9-20)11-19-12-21(13-19)37-27-24(25(30)35)23-5-3-4-10-34(23)33-27/h3-10,15-16,19,21H,11-13,29H2,1-2H3,(H2,30,35)(H,31,36)/t16-,19?,21?/m0/s1. The van der Waals surface area contributed by atoms with Crippen molar-refractivity contribution in [2.24, 2.45) is 22.4 Å². The molecular weight excluding hydrogens is 470 g/mol. The van der Waals surface area contributed by atoms with E-state index in [4.69, 9.17) is 21.5 Å². The van der Waals surface area contributed by atoms with Gasteiger partial charge in [0.15, 0.2) is 0 Å². The molecule has 190 valence electrons. The van der Waals surface area contributed by atoms with Crippen LogP contribution in [0.2, 0.25) is 0 Å². The number of hydrogen-bond acceptors (Lipinski definition) is 7. The molecule has 1 atom stereocenters.